The number of methoxy groups -OCH3 is 1. The number of alkyl halides is 3. The summed E-state index contributed by atoms with van der Waals surface area (Å²) >= 11 is 1.50. The maximum atomic E-state index is 14.8. The molecule has 0 radical (unpaired) electrons. The van der Waals surface area contributed by atoms with E-state index in [-0.39, 0.29) is 25.3 Å². The SMILES string of the molecule is C=C[C@@H]1C[C@]1(NC(=O)[C@@H]1C[C@@H](Oc2nc(-c3ccc(OC(F)(F)F)cc3)cc3cc(OC)ccc23)CN1C(=O)[C@@H](NC1=NCCCS1)C(C)(C)C)C(=O)NS(=O)(=O)C1CC1. The zero-order valence-electron chi connectivity index (χ0n) is 33.5. The second kappa shape index (κ2) is 16.4. The lowest BCUT2D eigenvalue weighted by Gasteiger charge is -2.36. The highest BCUT2D eigenvalue weighted by Crippen LogP contribution is 2.46. The molecule has 1 saturated heterocycles. The number of hydrogen-bond acceptors (Lipinski definition) is 12. The van der Waals surface area contributed by atoms with E-state index in [1.807, 2.05) is 20.8 Å². The minimum atomic E-state index is -4.87. The van der Waals surface area contributed by atoms with Crippen molar-refractivity contribution in [2.45, 2.75) is 88.2 Å². The van der Waals surface area contributed by atoms with Gasteiger partial charge in [-0.05, 0) is 85.0 Å². The fourth-order valence-corrected chi connectivity index (χ4v) is 9.65. The van der Waals surface area contributed by atoms with Gasteiger partial charge in [-0.2, -0.15) is 0 Å². The van der Waals surface area contributed by atoms with Crippen molar-refractivity contribution in [3.05, 3.63) is 61.2 Å². The summed E-state index contributed by atoms with van der Waals surface area (Å²) in [4.78, 5) is 53.7. The van der Waals surface area contributed by atoms with Crippen LogP contribution in [0.3, 0.4) is 0 Å². The van der Waals surface area contributed by atoms with Crippen LogP contribution in [0, 0.1) is 11.3 Å². The molecule has 14 nitrogen and oxygen atoms in total. The van der Waals surface area contributed by atoms with Crippen LogP contribution in [0.2, 0.25) is 0 Å². The van der Waals surface area contributed by atoms with Crippen molar-refractivity contribution >= 4 is 55.4 Å². The van der Waals surface area contributed by atoms with Gasteiger partial charge in [-0.25, -0.2) is 13.4 Å². The van der Waals surface area contributed by atoms with E-state index in [1.54, 1.807) is 24.3 Å². The number of likely N-dealkylation sites (tertiary alicyclic amines) is 1. The molecule has 5 atom stereocenters. The molecule has 322 valence electrons. The van der Waals surface area contributed by atoms with E-state index in [0.717, 1.165) is 12.2 Å². The Balaban J connectivity index is 1.22. The number of thioether (sulfide) groups is 1. The van der Waals surface area contributed by atoms with Crippen LogP contribution >= 0.6 is 11.8 Å². The Labute approximate surface area is 350 Å². The maximum absolute atomic E-state index is 14.8. The number of amidine groups is 1. The summed E-state index contributed by atoms with van der Waals surface area (Å²) in [7, 11) is -2.43. The Morgan fingerprint density at radius 3 is 2.38 bits per heavy atom. The Bertz CT molecular complexity index is 2320. The highest BCUT2D eigenvalue weighted by atomic mass is 32.2. The second-order valence-electron chi connectivity index (χ2n) is 16.5. The normalized spacial score (nSPS) is 23.6. The first-order valence-corrected chi connectivity index (χ1v) is 22.1. The van der Waals surface area contributed by atoms with E-state index in [2.05, 4.69) is 31.7 Å². The number of amides is 3. The first-order valence-electron chi connectivity index (χ1n) is 19.6. The topological polar surface area (TPSA) is 178 Å². The number of halogens is 3. The molecule has 3 N–H and O–H groups in total. The van der Waals surface area contributed by atoms with Crippen molar-refractivity contribution in [1.82, 2.24) is 25.2 Å². The molecule has 0 spiro atoms. The van der Waals surface area contributed by atoms with Gasteiger partial charge in [0.15, 0.2) is 5.17 Å². The van der Waals surface area contributed by atoms with Gasteiger partial charge in [-0.1, -0.05) is 38.6 Å². The third kappa shape index (κ3) is 9.46. The van der Waals surface area contributed by atoms with Gasteiger partial charge < -0.3 is 29.7 Å². The fourth-order valence-electron chi connectivity index (χ4n) is 7.43. The molecule has 4 aliphatic rings. The lowest BCUT2D eigenvalue weighted by Crippen LogP contribution is -2.60. The summed E-state index contributed by atoms with van der Waals surface area (Å²) in [6.45, 7) is 10.0. The molecule has 3 fully saturated rings. The molecule has 3 heterocycles. The highest BCUT2D eigenvalue weighted by Gasteiger charge is 2.62. The quantitative estimate of drug-likeness (QED) is 0.190. The van der Waals surface area contributed by atoms with Crippen molar-refractivity contribution in [1.29, 1.82) is 0 Å². The number of aliphatic imine (C=N–C) groups is 1. The number of aromatic nitrogens is 1. The number of carbonyl (C=O) groups is 3. The van der Waals surface area contributed by atoms with Gasteiger partial charge >= 0.3 is 6.36 Å². The van der Waals surface area contributed by atoms with Crippen LogP contribution in [0.25, 0.3) is 22.0 Å². The average molecular weight is 873 g/mol. The maximum Gasteiger partial charge on any atom is 0.573 e. The van der Waals surface area contributed by atoms with Gasteiger partial charge in [0.05, 0.1) is 24.6 Å². The standard InChI is InChI=1S/C41H47F3N6O8S2/c1-6-25-21-40(25,37(53)49-60(54,55)29-13-14-29)48-34(51)32-20-28(22-50(32)36(52)33(39(2,3)4)47-38-45-16-7-17-59-38)57-35-30-15-12-27(56-5)18-24(30)19-31(46-35)23-8-10-26(11-9-23)58-41(42,43)44/h6,8-12,15,18-19,25,28-29,32-33H,1,7,13-14,16-17,20-22H2,2-5H3,(H,45,47)(H,48,51)(H,49,53)/t25-,28-,32+,33-,40-/m1/s1. The van der Waals surface area contributed by atoms with Gasteiger partial charge in [-0.3, -0.25) is 24.1 Å². The van der Waals surface area contributed by atoms with Crippen LogP contribution in [-0.2, 0) is 24.4 Å². The molecule has 2 aliphatic carbocycles. The van der Waals surface area contributed by atoms with E-state index in [1.165, 1.54) is 54.1 Å². The van der Waals surface area contributed by atoms with E-state index in [0.29, 0.717) is 52.3 Å². The zero-order chi connectivity index (χ0) is 43.2. The molecule has 3 amide bonds. The molecule has 0 bridgehead atoms. The van der Waals surface area contributed by atoms with E-state index in [4.69, 9.17) is 14.5 Å². The van der Waals surface area contributed by atoms with Crippen LogP contribution in [-0.4, -0.2) is 102 Å². The molecular weight excluding hydrogens is 826 g/mol. The van der Waals surface area contributed by atoms with Crippen LogP contribution in [0.5, 0.6) is 17.4 Å². The highest BCUT2D eigenvalue weighted by molar-refractivity contribution is 8.13. The number of rotatable bonds is 13. The number of sulfonamides is 1. The third-order valence-corrected chi connectivity index (χ3v) is 13.8. The number of nitrogens with zero attached hydrogens (tertiary/aromatic N) is 3. The Kier molecular flexibility index (Phi) is 11.8. The summed E-state index contributed by atoms with van der Waals surface area (Å²) in [6.07, 6.45) is -2.35. The molecule has 3 aromatic rings. The van der Waals surface area contributed by atoms with Crippen LogP contribution < -0.4 is 29.6 Å². The molecule has 2 aliphatic heterocycles. The van der Waals surface area contributed by atoms with E-state index < -0.39 is 80.2 Å². The Hall–Kier alpha value is -5.04. The van der Waals surface area contributed by atoms with Crippen LogP contribution in [0.4, 0.5) is 13.2 Å². The molecule has 0 unspecified atom stereocenters. The average Bonchev–Trinajstić information content (AvgIpc) is 4.13. The number of carbonyl (C=O) groups excluding carboxylic acids is 3. The van der Waals surface area contributed by atoms with Gasteiger partial charge in [0.25, 0.3) is 5.91 Å². The van der Waals surface area contributed by atoms with Gasteiger partial charge in [0.1, 0.15) is 35.2 Å². The number of pyridine rings is 1. The largest absolute Gasteiger partial charge is 0.573 e. The summed E-state index contributed by atoms with van der Waals surface area (Å²) < 4.78 is 82.5. The van der Waals surface area contributed by atoms with Gasteiger partial charge in [0.2, 0.25) is 27.7 Å². The molecule has 7 rings (SSSR count). The first kappa shape index (κ1) is 43.1. The van der Waals surface area contributed by atoms with Crippen LogP contribution in [0.1, 0.15) is 52.9 Å². The summed E-state index contributed by atoms with van der Waals surface area (Å²) in [6, 6.07) is 10.1. The van der Waals surface area contributed by atoms with Crippen molar-refractivity contribution in [3.8, 4) is 28.6 Å². The lowest BCUT2D eigenvalue weighted by atomic mass is 9.85. The minimum absolute atomic E-state index is 0.0337. The molecular formula is C41H47F3N6O8S2. The smallest absolute Gasteiger partial charge is 0.497 e. The zero-order valence-corrected chi connectivity index (χ0v) is 35.1. The van der Waals surface area contributed by atoms with E-state index >= 15 is 0 Å². The number of ether oxygens (including phenoxy) is 3. The number of nitrogens with one attached hydrogen (secondary N) is 3. The molecule has 2 saturated carbocycles. The predicted octanol–water partition coefficient (Wildman–Crippen LogP) is 5.32. The molecule has 19 heteroatoms. The molecule has 60 heavy (non-hydrogen) atoms. The third-order valence-electron chi connectivity index (χ3n) is 10.9. The summed E-state index contributed by atoms with van der Waals surface area (Å²) in [5, 5.41) is 7.27. The second-order valence-corrected chi connectivity index (χ2v) is 19.5. The molecule has 1 aromatic heterocycles. The Morgan fingerprint density at radius 1 is 1.07 bits per heavy atom. The fraction of sp³-hybridized carbons (Fsp3) is 0.488. The minimum Gasteiger partial charge on any atom is -0.497 e. The monoisotopic (exact) mass is 872 g/mol. The Morgan fingerprint density at radius 2 is 1.78 bits per heavy atom. The van der Waals surface area contributed by atoms with Crippen molar-refractivity contribution in [3.63, 3.8) is 0 Å². The number of benzene rings is 2. The van der Waals surface area contributed by atoms with Crippen molar-refractivity contribution in [2.24, 2.45) is 16.3 Å². The van der Waals surface area contributed by atoms with Gasteiger partial charge in [-0.15, -0.1) is 19.8 Å². The predicted molar refractivity (Wildman–Crippen MR) is 220 cm³/mol. The molecule has 2 aromatic carbocycles. The van der Waals surface area contributed by atoms with Crippen molar-refractivity contribution < 1.29 is 50.2 Å². The first-order chi connectivity index (χ1) is 28.3. The lowest BCUT2D eigenvalue weighted by molar-refractivity contribution is -0.274. The van der Waals surface area contributed by atoms with Crippen LogP contribution in [0.15, 0.2) is 66.2 Å². The number of hydrogen-bond donors (Lipinski definition) is 3. The van der Waals surface area contributed by atoms with Crippen molar-refractivity contribution in [2.75, 3.05) is 26.0 Å². The summed E-state index contributed by atoms with van der Waals surface area (Å²) in [5.41, 5.74) is -1.44. The van der Waals surface area contributed by atoms with Gasteiger partial charge in [0, 0.05) is 35.6 Å². The summed E-state index contributed by atoms with van der Waals surface area (Å²) in [5.74, 6) is -1.43. The number of fused-ring (bicyclic) bond motifs is 1. The van der Waals surface area contributed by atoms with E-state index in [9.17, 15) is 36.0 Å².